The minimum absolute atomic E-state index is 1.03. The Labute approximate surface area is 126 Å². The molecule has 2 heterocycles. The van der Waals surface area contributed by atoms with Gasteiger partial charge in [0, 0.05) is 24.3 Å². The summed E-state index contributed by atoms with van der Waals surface area (Å²) in [6, 6.07) is 8.83. The van der Waals surface area contributed by atoms with Crippen molar-refractivity contribution >= 4 is 11.1 Å². The van der Waals surface area contributed by atoms with Gasteiger partial charge in [-0.2, -0.15) is 0 Å². The number of hydrogen-bond acceptors (Lipinski definition) is 0. The van der Waals surface area contributed by atoms with Crippen LogP contribution in [0.2, 0.25) is 0 Å². The molecule has 0 spiro atoms. The molecule has 0 N–H and O–H groups in total. The molecule has 2 aromatic heterocycles. The van der Waals surface area contributed by atoms with E-state index in [9.17, 15) is 0 Å². The van der Waals surface area contributed by atoms with Gasteiger partial charge in [0.15, 0.2) is 24.8 Å². The molecule has 21 heavy (non-hydrogen) atoms. The molecular formula is C19H22N2+2. The fourth-order valence-corrected chi connectivity index (χ4v) is 2.94. The first kappa shape index (κ1) is 13.7. The first-order valence-electron chi connectivity index (χ1n) is 7.37. The van der Waals surface area contributed by atoms with Crippen LogP contribution in [0.1, 0.15) is 31.4 Å². The Kier molecular flexibility index (Phi) is 3.46. The van der Waals surface area contributed by atoms with Crippen molar-refractivity contribution < 1.29 is 9.13 Å². The summed E-state index contributed by atoms with van der Waals surface area (Å²) >= 11 is 0. The van der Waals surface area contributed by atoms with Gasteiger partial charge in [0.1, 0.15) is 14.1 Å². The predicted octanol–water partition coefficient (Wildman–Crippen LogP) is 2.99. The molecule has 0 aliphatic heterocycles. The minimum atomic E-state index is 1.03. The van der Waals surface area contributed by atoms with E-state index in [1.54, 1.807) is 0 Å². The average molecular weight is 278 g/mol. The van der Waals surface area contributed by atoms with Gasteiger partial charge in [-0.3, -0.25) is 0 Å². The summed E-state index contributed by atoms with van der Waals surface area (Å²) in [5.74, 6) is 0. The van der Waals surface area contributed by atoms with Crippen LogP contribution >= 0.6 is 0 Å². The average Bonchev–Trinajstić information content (AvgIpc) is 2.78. The zero-order valence-corrected chi connectivity index (χ0v) is 13.2. The van der Waals surface area contributed by atoms with Crippen molar-refractivity contribution in [2.45, 2.75) is 20.3 Å². The third-order valence-electron chi connectivity index (χ3n) is 4.48. The molecule has 0 atom stereocenters. The lowest BCUT2D eigenvalue weighted by Gasteiger charge is -2.05. The Hall–Kier alpha value is -2.22. The second-order valence-electron chi connectivity index (χ2n) is 5.89. The maximum absolute atomic E-state index is 2.24. The number of pyridine rings is 2. The lowest BCUT2D eigenvalue weighted by molar-refractivity contribution is -0.671. The van der Waals surface area contributed by atoms with E-state index in [0.717, 1.165) is 6.42 Å². The Morgan fingerprint density at radius 2 is 1.00 bits per heavy atom. The topological polar surface area (TPSA) is 7.76 Å². The third kappa shape index (κ3) is 2.54. The van der Waals surface area contributed by atoms with E-state index in [1.807, 2.05) is 0 Å². The molecule has 0 bridgehead atoms. The van der Waals surface area contributed by atoms with Crippen LogP contribution in [0, 0.1) is 0 Å². The fraction of sp³-hybridized carbons (Fsp3) is 0.263. The molecule has 0 saturated carbocycles. The van der Waals surface area contributed by atoms with E-state index in [2.05, 4.69) is 86.1 Å². The molecule has 0 unspecified atom stereocenters. The molecular weight excluding hydrogens is 256 g/mol. The molecule has 0 saturated heterocycles. The van der Waals surface area contributed by atoms with E-state index >= 15 is 0 Å². The molecule has 0 amide bonds. The summed E-state index contributed by atoms with van der Waals surface area (Å²) in [6.07, 6.45) is 9.49. The Bertz CT molecular complexity index is 667. The number of rotatable bonds is 2. The Morgan fingerprint density at radius 3 is 1.33 bits per heavy atom. The van der Waals surface area contributed by atoms with E-state index < -0.39 is 0 Å². The first-order chi connectivity index (χ1) is 10.1. The highest BCUT2D eigenvalue weighted by molar-refractivity contribution is 5.91. The largest absolute Gasteiger partial charge is 0.208 e. The molecule has 0 fully saturated rings. The van der Waals surface area contributed by atoms with Crippen LogP contribution in [0.4, 0.5) is 0 Å². The van der Waals surface area contributed by atoms with Crippen LogP contribution in [0.15, 0.2) is 60.2 Å². The van der Waals surface area contributed by atoms with Crippen LogP contribution in [-0.4, -0.2) is 0 Å². The Balaban J connectivity index is 1.96. The molecule has 2 nitrogen and oxygen atoms in total. The lowest BCUT2D eigenvalue weighted by Crippen LogP contribution is -2.26. The number of aryl methyl sites for hydroxylation is 2. The highest BCUT2D eigenvalue weighted by Crippen LogP contribution is 2.42. The second-order valence-corrected chi connectivity index (χ2v) is 5.89. The van der Waals surface area contributed by atoms with Crippen molar-refractivity contribution in [3.8, 4) is 0 Å². The fourth-order valence-electron chi connectivity index (χ4n) is 2.94. The summed E-state index contributed by atoms with van der Waals surface area (Å²) in [5.41, 5.74) is 8.43. The summed E-state index contributed by atoms with van der Waals surface area (Å²) in [4.78, 5) is 0. The normalized spacial score (nSPS) is 15.0. The highest BCUT2D eigenvalue weighted by Gasteiger charge is 2.21. The molecule has 106 valence electrons. The SMILES string of the molecule is CC1=C(c2cc[n+](C)cc2)CC(c2cc[n+](C)cc2)=C1C. The van der Waals surface area contributed by atoms with Crippen LogP contribution in [0.5, 0.6) is 0 Å². The van der Waals surface area contributed by atoms with Gasteiger partial charge in [0.25, 0.3) is 0 Å². The smallest absolute Gasteiger partial charge is 0.169 e. The van der Waals surface area contributed by atoms with E-state index in [0.29, 0.717) is 0 Å². The highest BCUT2D eigenvalue weighted by atomic mass is 14.9. The zero-order chi connectivity index (χ0) is 15.0. The number of allylic oxidation sites excluding steroid dienone is 4. The van der Waals surface area contributed by atoms with Gasteiger partial charge in [0.2, 0.25) is 0 Å². The Morgan fingerprint density at radius 1 is 0.667 bits per heavy atom. The van der Waals surface area contributed by atoms with Crippen molar-refractivity contribution in [2.24, 2.45) is 14.1 Å². The lowest BCUT2D eigenvalue weighted by atomic mass is 9.99. The quantitative estimate of drug-likeness (QED) is 0.746. The van der Waals surface area contributed by atoms with Gasteiger partial charge in [-0.15, -0.1) is 0 Å². The van der Waals surface area contributed by atoms with Crippen LogP contribution < -0.4 is 9.13 Å². The maximum atomic E-state index is 2.24. The van der Waals surface area contributed by atoms with E-state index in [1.165, 1.54) is 33.4 Å². The summed E-state index contributed by atoms with van der Waals surface area (Å²) < 4.78 is 4.15. The number of aromatic nitrogens is 2. The molecule has 1 aliphatic carbocycles. The number of hydrogen-bond donors (Lipinski definition) is 0. The van der Waals surface area contributed by atoms with Crippen LogP contribution in [-0.2, 0) is 14.1 Å². The standard InChI is InChI=1S/C19H22N2/c1-14-15(2)19(17-7-11-21(4)12-8-17)13-18(14)16-5-9-20(3)10-6-16/h5-12H,13H2,1-4H3/q+2. The maximum Gasteiger partial charge on any atom is 0.169 e. The summed E-state index contributed by atoms with van der Waals surface area (Å²) in [7, 11) is 4.11. The molecule has 0 aromatic carbocycles. The molecule has 2 heteroatoms. The van der Waals surface area contributed by atoms with E-state index in [4.69, 9.17) is 0 Å². The minimum Gasteiger partial charge on any atom is -0.208 e. The van der Waals surface area contributed by atoms with Crippen molar-refractivity contribution in [1.29, 1.82) is 0 Å². The summed E-state index contributed by atoms with van der Waals surface area (Å²) in [6.45, 7) is 4.49. The van der Waals surface area contributed by atoms with Crippen molar-refractivity contribution in [1.82, 2.24) is 0 Å². The first-order valence-corrected chi connectivity index (χ1v) is 7.37. The predicted molar refractivity (Wildman–Crippen MR) is 85.0 cm³/mol. The van der Waals surface area contributed by atoms with Gasteiger partial charge in [-0.25, -0.2) is 9.13 Å². The van der Waals surface area contributed by atoms with E-state index in [-0.39, 0.29) is 0 Å². The van der Waals surface area contributed by atoms with Gasteiger partial charge in [-0.05, 0) is 53.7 Å². The second kappa shape index (κ2) is 5.28. The van der Waals surface area contributed by atoms with Gasteiger partial charge in [-0.1, -0.05) is 0 Å². The third-order valence-corrected chi connectivity index (χ3v) is 4.48. The van der Waals surface area contributed by atoms with Gasteiger partial charge < -0.3 is 0 Å². The molecule has 0 radical (unpaired) electrons. The molecule has 3 rings (SSSR count). The zero-order valence-electron chi connectivity index (χ0n) is 13.2. The van der Waals surface area contributed by atoms with Crippen molar-refractivity contribution in [3.63, 3.8) is 0 Å². The monoisotopic (exact) mass is 278 g/mol. The van der Waals surface area contributed by atoms with Crippen LogP contribution in [0.3, 0.4) is 0 Å². The van der Waals surface area contributed by atoms with Crippen molar-refractivity contribution in [3.05, 3.63) is 71.3 Å². The molecule has 2 aromatic rings. The van der Waals surface area contributed by atoms with Gasteiger partial charge >= 0.3 is 0 Å². The van der Waals surface area contributed by atoms with Crippen molar-refractivity contribution in [2.75, 3.05) is 0 Å². The molecule has 1 aliphatic rings. The van der Waals surface area contributed by atoms with Gasteiger partial charge in [0.05, 0.1) is 0 Å². The van der Waals surface area contributed by atoms with Crippen LogP contribution in [0.25, 0.3) is 11.1 Å². The summed E-state index contributed by atoms with van der Waals surface area (Å²) in [5, 5.41) is 0. The number of nitrogens with zero attached hydrogens (tertiary/aromatic N) is 2.